The molecule has 2 atom stereocenters. The molecule has 8 nitrogen and oxygen atoms in total. The minimum absolute atomic E-state index is 0.291. The third-order valence-electron chi connectivity index (χ3n) is 5.15. The summed E-state index contributed by atoms with van der Waals surface area (Å²) in [5, 5.41) is 21.5. The smallest absolute Gasteiger partial charge is 0.272 e. The third kappa shape index (κ3) is 3.43. The van der Waals surface area contributed by atoms with Crippen molar-refractivity contribution in [3.05, 3.63) is 53.7 Å². The van der Waals surface area contributed by atoms with E-state index in [1.165, 1.54) is 5.56 Å². The van der Waals surface area contributed by atoms with Gasteiger partial charge in [0.05, 0.1) is 23.4 Å². The molecular weight excluding hydrogens is 356 g/mol. The summed E-state index contributed by atoms with van der Waals surface area (Å²) in [6.45, 7) is 6.98. The molecule has 146 valence electrons. The van der Waals surface area contributed by atoms with Crippen LogP contribution in [0.4, 0.5) is 5.82 Å². The van der Waals surface area contributed by atoms with Crippen LogP contribution in [0.1, 0.15) is 41.5 Å². The molecule has 1 aliphatic heterocycles. The minimum Gasteiger partial charge on any atom is -0.389 e. The van der Waals surface area contributed by atoms with E-state index < -0.39 is 12.1 Å². The Labute approximate surface area is 163 Å². The van der Waals surface area contributed by atoms with Crippen LogP contribution >= 0.6 is 0 Å². The van der Waals surface area contributed by atoms with Crippen molar-refractivity contribution in [1.29, 1.82) is 0 Å². The molecule has 0 saturated carbocycles. The van der Waals surface area contributed by atoms with Gasteiger partial charge in [0.25, 0.3) is 5.91 Å². The van der Waals surface area contributed by atoms with Crippen molar-refractivity contribution < 1.29 is 9.90 Å². The molecule has 28 heavy (non-hydrogen) atoms. The number of aryl methyl sites for hydroxylation is 1. The number of carbonyl (C=O) groups excluding carboxylic acids is 1. The molecule has 3 aromatic rings. The van der Waals surface area contributed by atoms with Gasteiger partial charge in [0.15, 0.2) is 11.5 Å². The number of hydrogen-bond acceptors (Lipinski definition) is 6. The van der Waals surface area contributed by atoms with Gasteiger partial charge in [-0.25, -0.2) is 4.98 Å². The van der Waals surface area contributed by atoms with E-state index in [0.717, 1.165) is 11.2 Å². The lowest BCUT2D eigenvalue weighted by Crippen LogP contribution is -2.43. The summed E-state index contributed by atoms with van der Waals surface area (Å²) < 4.78 is 1.86. The standard InChI is InChI=1S/C20H24N6O2/c1-12(2)14-5-6-16-19(21-11-26(16)8-14)20(28)22-15-9-25(10-17(15)27)18-7-4-13(3)23-24-18/h4-8,11-12,15,17,27H,9-10H2,1-3H3,(H,22,28)/t15-,17-/m0/s1. The number of aromatic nitrogens is 4. The zero-order valence-corrected chi connectivity index (χ0v) is 16.2. The molecule has 1 saturated heterocycles. The number of carbonyl (C=O) groups is 1. The molecule has 0 radical (unpaired) electrons. The molecule has 1 fully saturated rings. The molecule has 0 aliphatic carbocycles. The van der Waals surface area contributed by atoms with Gasteiger partial charge in [-0.05, 0) is 36.6 Å². The molecule has 1 amide bonds. The Hall–Kier alpha value is -3.00. The summed E-state index contributed by atoms with van der Waals surface area (Å²) in [5.74, 6) is 0.796. The van der Waals surface area contributed by atoms with Crippen molar-refractivity contribution in [2.45, 2.75) is 38.8 Å². The summed E-state index contributed by atoms with van der Waals surface area (Å²) in [6, 6.07) is 7.27. The highest BCUT2D eigenvalue weighted by Crippen LogP contribution is 2.20. The highest BCUT2D eigenvalue weighted by atomic mass is 16.3. The van der Waals surface area contributed by atoms with Crippen molar-refractivity contribution in [2.75, 3.05) is 18.0 Å². The lowest BCUT2D eigenvalue weighted by Gasteiger charge is -2.17. The SMILES string of the molecule is Cc1ccc(N2C[C@H](NC(=O)c3ncn4cc(C(C)C)ccc34)[C@@H](O)C2)nn1. The fraction of sp³-hybridized carbons (Fsp3) is 0.400. The van der Waals surface area contributed by atoms with E-state index in [2.05, 4.69) is 34.3 Å². The Morgan fingerprint density at radius 1 is 1.21 bits per heavy atom. The van der Waals surface area contributed by atoms with E-state index in [4.69, 9.17) is 0 Å². The first-order chi connectivity index (χ1) is 13.4. The molecule has 0 bridgehead atoms. The van der Waals surface area contributed by atoms with Gasteiger partial charge in [-0.15, -0.1) is 5.10 Å². The first kappa shape index (κ1) is 18.4. The Bertz CT molecular complexity index is 998. The van der Waals surface area contributed by atoms with Gasteiger partial charge in [-0.2, -0.15) is 5.10 Å². The van der Waals surface area contributed by atoms with Gasteiger partial charge in [0, 0.05) is 19.3 Å². The number of hydrogen-bond donors (Lipinski definition) is 2. The highest BCUT2D eigenvalue weighted by Gasteiger charge is 2.34. The predicted molar refractivity (Wildman–Crippen MR) is 106 cm³/mol. The van der Waals surface area contributed by atoms with Gasteiger partial charge in [-0.3, -0.25) is 4.79 Å². The van der Waals surface area contributed by atoms with Gasteiger partial charge in [-0.1, -0.05) is 19.9 Å². The monoisotopic (exact) mass is 380 g/mol. The van der Waals surface area contributed by atoms with Gasteiger partial charge < -0.3 is 19.7 Å². The second-order valence-electron chi connectivity index (χ2n) is 7.59. The predicted octanol–water partition coefficient (Wildman–Crippen LogP) is 1.54. The van der Waals surface area contributed by atoms with Crippen LogP contribution in [-0.4, -0.2) is 55.8 Å². The van der Waals surface area contributed by atoms with Crippen molar-refractivity contribution in [1.82, 2.24) is 24.9 Å². The first-order valence-electron chi connectivity index (χ1n) is 9.43. The number of fused-ring (bicyclic) bond motifs is 1. The molecular formula is C20H24N6O2. The fourth-order valence-electron chi connectivity index (χ4n) is 3.45. The number of nitrogens with one attached hydrogen (secondary N) is 1. The number of pyridine rings is 1. The summed E-state index contributed by atoms with van der Waals surface area (Å²) >= 11 is 0. The number of nitrogens with zero attached hydrogens (tertiary/aromatic N) is 5. The van der Waals surface area contributed by atoms with Crippen molar-refractivity contribution in [3.63, 3.8) is 0 Å². The topological polar surface area (TPSA) is 95.7 Å². The molecule has 8 heteroatoms. The van der Waals surface area contributed by atoms with Crippen LogP contribution < -0.4 is 10.2 Å². The summed E-state index contributed by atoms with van der Waals surface area (Å²) in [7, 11) is 0. The highest BCUT2D eigenvalue weighted by molar-refractivity contribution is 5.99. The molecule has 3 aromatic heterocycles. The lowest BCUT2D eigenvalue weighted by atomic mass is 10.1. The van der Waals surface area contributed by atoms with E-state index in [0.29, 0.717) is 30.5 Å². The molecule has 2 N–H and O–H groups in total. The molecule has 0 unspecified atom stereocenters. The van der Waals surface area contributed by atoms with Crippen LogP contribution in [0.3, 0.4) is 0 Å². The van der Waals surface area contributed by atoms with Crippen molar-refractivity contribution in [2.24, 2.45) is 0 Å². The number of aliphatic hydroxyl groups is 1. The Morgan fingerprint density at radius 2 is 2.04 bits per heavy atom. The van der Waals surface area contributed by atoms with Crippen LogP contribution in [-0.2, 0) is 0 Å². The largest absolute Gasteiger partial charge is 0.389 e. The average molecular weight is 380 g/mol. The van der Waals surface area contributed by atoms with Crippen LogP contribution in [0.5, 0.6) is 0 Å². The quantitative estimate of drug-likeness (QED) is 0.713. The number of rotatable bonds is 4. The van der Waals surface area contributed by atoms with Gasteiger partial charge in [0.2, 0.25) is 0 Å². The molecule has 4 heterocycles. The number of imidazole rings is 1. The van der Waals surface area contributed by atoms with E-state index in [9.17, 15) is 9.90 Å². The third-order valence-corrected chi connectivity index (χ3v) is 5.15. The molecule has 0 aromatic carbocycles. The fourth-order valence-corrected chi connectivity index (χ4v) is 3.45. The van der Waals surface area contributed by atoms with E-state index in [1.54, 1.807) is 6.33 Å². The number of aliphatic hydroxyl groups excluding tert-OH is 1. The average Bonchev–Trinajstić information content (AvgIpc) is 3.25. The normalized spacial score (nSPS) is 19.5. The summed E-state index contributed by atoms with van der Waals surface area (Å²) in [4.78, 5) is 19.0. The maximum atomic E-state index is 12.8. The number of anilines is 1. The number of β-amino-alcohol motifs (C(OH)–C–C–N with tert-alkyl or cyclic N) is 1. The molecule has 4 rings (SSSR count). The van der Waals surface area contributed by atoms with Crippen LogP contribution in [0.25, 0.3) is 5.52 Å². The van der Waals surface area contributed by atoms with E-state index >= 15 is 0 Å². The molecule has 1 aliphatic rings. The maximum Gasteiger partial charge on any atom is 0.272 e. The Morgan fingerprint density at radius 3 is 2.75 bits per heavy atom. The summed E-state index contributed by atoms with van der Waals surface area (Å²) in [5.41, 5.74) is 3.12. The summed E-state index contributed by atoms with van der Waals surface area (Å²) in [6.07, 6.45) is 2.95. The zero-order chi connectivity index (χ0) is 19.8. The molecule has 0 spiro atoms. The lowest BCUT2D eigenvalue weighted by molar-refractivity contribution is 0.0886. The van der Waals surface area contributed by atoms with Crippen LogP contribution in [0.2, 0.25) is 0 Å². The minimum atomic E-state index is -0.687. The number of amides is 1. The van der Waals surface area contributed by atoms with Gasteiger partial charge >= 0.3 is 0 Å². The van der Waals surface area contributed by atoms with Crippen molar-refractivity contribution in [3.8, 4) is 0 Å². The Balaban J connectivity index is 1.49. The maximum absolute atomic E-state index is 12.8. The Kier molecular flexibility index (Phi) is 4.72. The first-order valence-corrected chi connectivity index (χ1v) is 9.43. The van der Waals surface area contributed by atoms with Crippen LogP contribution in [0, 0.1) is 6.92 Å². The second-order valence-corrected chi connectivity index (χ2v) is 7.59. The zero-order valence-electron chi connectivity index (χ0n) is 16.2. The van der Waals surface area contributed by atoms with Gasteiger partial charge in [0.1, 0.15) is 6.33 Å². The van der Waals surface area contributed by atoms with Crippen LogP contribution in [0.15, 0.2) is 36.8 Å². The van der Waals surface area contributed by atoms with E-state index in [1.807, 2.05) is 46.7 Å². The van der Waals surface area contributed by atoms with E-state index in [-0.39, 0.29) is 5.91 Å². The second kappa shape index (κ2) is 7.20. The van der Waals surface area contributed by atoms with Crippen molar-refractivity contribution >= 4 is 17.2 Å².